The average molecular weight is 320 g/mol. The molecule has 0 radical (unpaired) electrons. The molecule has 5 nitrogen and oxygen atoms in total. The van der Waals surface area contributed by atoms with E-state index in [0.29, 0.717) is 18.9 Å². The molecule has 0 fully saturated rings. The highest BCUT2D eigenvalue weighted by molar-refractivity contribution is 7.13. The first-order valence-electron chi connectivity index (χ1n) is 7.12. The zero-order valence-electron chi connectivity index (χ0n) is 13.0. The Morgan fingerprint density at radius 1 is 1.36 bits per heavy atom. The predicted octanol–water partition coefficient (Wildman–Crippen LogP) is 2.97. The predicted molar refractivity (Wildman–Crippen MR) is 87.5 cm³/mol. The molecule has 118 valence electrons. The normalized spacial score (nSPS) is 12.0. The van der Waals surface area contributed by atoms with Gasteiger partial charge in [-0.15, -0.1) is 11.3 Å². The topological polar surface area (TPSA) is 60.5 Å². The maximum Gasteiger partial charge on any atom is 0.271 e. The van der Waals surface area contributed by atoms with Crippen LogP contribution in [-0.2, 0) is 4.74 Å². The fraction of sp³-hybridized carbons (Fsp3) is 0.375. The molecule has 1 aromatic carbocycles. The van der Waals surface area contributed by atoms with Crippen molar-refractivity contribution in [2.24, 2.45) is 0 Å². The molecular weight excluding hydrogens is 300 g/mol. The molecule has 2 aromatic rings. The molecule has 0 aliphatic rings. The summed E-state index contributed by atoms with van der Waals surface area (Å²) in [6.45, 7) is 4.95. The Labute approximate surface area is 134 Å². The van der Waals surface area contributed by atoms with Gasteiger partial charge in [0.05, 0.1) is 13.2 Å². The smallest absolute Gasteiger partial charge is 0.271 e. The largest absolute Gasteiger partial charge is 0.494 e. The van der Waals surface area contributed by atoms with Crippen molar-refractivity contribution in [3.05, 3.63) is 35.3 Å². The van der Waals surface area contributed by atoms with Crippen LogP contribution in [0.25, 0.3) is 10.6 Å². The number of benzene rings is 1. The van der Waals surface area contributed by atoms with Gasteiger partial charge in [0.2, 0.25) is 0 Å². The van der Waals surface area contributed by atoms with Crippen LogP contribution in [0.15, 0.2) is 29.6 Å². The minimum atomic E-state index is -0.182. The number of thiazole rings is 1. The lowest BCUT2D eigenvalue weighted by Gasteiger charge is -2.11. The van der Waals surface area contributed by atoms with Gasteiger partial charge in [-0.25, -0.2) is 4.98 Å². The summed E-state index contributed by atoms with van der Waals surface area (Å²) in [5.41, 5.74) is 1.40. The summed E-state index contributed by atoms with van der Waals surface area (Å²) in [4.78, 5) is 16.5. The highest BCUT2D eigenvalue weighted by Gasteiger charge is 2.14. The molecule has 1 aromatic heterocycles. The third kappa shape index (κ3) is 4.29. The van der Waals surface area contributed by atoms with Crippen LogP contribution in [0.5, 0.6) is 5.75 Å². The van der Waals surface area contributed by atoms with Gasteiger partial charge in [0.25, 0.3) is 5.91 Å². The Morgan fingerprint density at radius 3 is 2.73 bits per heavy atom. The highest BCUT2D eigenvalue weighted by Crippen LogP contribution is 2.25. The molecule has 0 aliphatic carbocycles. The maximum absolute atomic E-state index is 12.1. The van der Waals surface area contributed by atoms with E-state index >= 15 is 0 Å². The fourth-order valence-corrected chi connectivity index (χ4v) is 2.77. The molecule has 1 amide bonds. The Balaban J connectivity index is 2.05. The van der Waals surface area contributed by atoms with Crippen LogP contribution >= 0.6 is 11.3 Å². The van der Waals surface area contributed by atoms with Gasteiger partial charge in [-0.1, -0.05) is 0 Å². The molecule has 0 bridgehead atoms. The molecule has 1 atom stereocenters. The Kier molecular flexibility index (Phi) is 5.91. The van der Waals surface area contributed by atoms with Crippen molar-refractivity contribution in [1.82, 2.24) is 10.3 Å². The summed E-state index contributed by atoms with van der Waals surface area (Å²) in [5.74, 6) is 0.646. The Hall–Kier alpha value is -1.92. The van der Waals surface area contributed by atoms with Gasteiger partial charge >= 0.3 is 0 Å². The molecule has 2 rings (SSSR count). The number of hydrogen-bond donors (Lipinski definition) is 1. The first-order valence-corrected chi connectivity index (χ1v) is 8.00. The molecule has 1 N–H and O–H groups in total. The van der Waals surface area contributed by atoms with Gasteiger partial charge in [-0.2, -0.15) is 0 Å². The summed E-state index contributed by atoms with van der Waals surface area (Å²) >= 11 is 1.45. The van der Waals surface area contributed by atoms with Crippen molar-refractivity contribution >= 4 is 17.2 Å². The van der Waals surface area contributed by atoms with Crippen LogP contribution in [0.1, 0.15) is 24.3 Å². The summed E-state index contributed by atoms with van der Waals surface area (Å²) in [6, 6.07) is 7.65. The number of nitrogens with zero attached hydrogens (tertiary/aromatic N) is 1. The lowest BCUT2D eigenvalue weighted by Crippen LogP contribution is -2.35. The minimum Gasteiger partial charge on any atom is -0.494 e. The van der Waals surface area contributed by atoms with Gasteiger partial charge in [0.15, 0.2) is 0 Å². The second-order valence-corrected chi connectivity index (χ2v) is 5.68. The van der Waals surface area contributed by atoms with Crippen molar-refractivity contribution in [2.75, 3.05) is 20.3 Å². The summed E-state index contributed by atoms with van der Waals surface area (Å²) in [5, 5.41) is 5.43. The lowest BCUT2D eigenvalue weighted by molar-refractivity contribution is 0.0901. The van der Waals surface area contributed by atoms with Crippen LogP contribution < -0.4 is 10.1 Å². The van der Waals surface area contributed by atoms with Gasteiger partial charge < -0.3 is 14.8 Å². The van der Waals surface area contributed by atoms with E-state index in [1.54, 1.807) is 12.5 Å². The van der Waals surface area contributed by atoms with Crippen molar-refractivity contribution in [3.63, 3.8) is 0 Å². The van der Waals surface area contributed by atoms with Gasteiger partial charge in [0.1, 0.15) is 16.5 Å². The molecule has 6 heteroatoms. The van der Waals surface area contributed by atoms with E-state index in [2.05, 4.69) is 10.3 Å². The van der Waals surface area contributed by atoms with Crippen LogP contribution in [0.2, 0.25) is 0 Å². The zero-order chi connectivity index (χ0) is 15.9. The van der Waals surface area contributed by atoms with Gasteiger partial charge in [0, 0.05) is 24.1 Å². The van der Waals surface area contributed by atoms with Crippen molar-refractivity contribution in [2.45, 2.75) is 19.9 Å². The van der Waals surface area contributed by atoms with Crippen LogP contribution in [0.3, 0.4) is 0 Å². The third-order valence-corrected chi connectivity index (χ3v) is 3.83. The van der Waals surface area contributed by atoms with Crippen LogP contribution in [0, 0.1) is 0 Å². The average Bonchev–Trinajstić information content (AvgIpc) is 2.98. The van der Waals surface area contributed by atoms with Crippen molar-refractivity contribution in [3.8, 4) is 16.3 Å². The number of carbonyl (C=O) groups is 1. The van der Waals surface area contributed by atoms with E-state index in [-0.39, 0.29) is 11.9 Å². The summed E-state index contributed by atoms with van der Waals surface area (Å²) in [7, 11) is 1.61. The minimum absolute atomic E-state index is 0.0480. The highest BCUT2D eigenvalue weighted by atomic mass is 32.1. The van der Waals surface area contributed by atoms with E-state index < -0.39 is 0 Å². The molecule has 0 aliphatic heterocycles. The molecule has 1 unspecified atom stereocenters. The molecule has 0 saturated heterocycles. The number of amides is 1. The lowest BCUT2D eigenvalue weighted by atomic mass is 10.2. The van der Waals surface area contributed by atoms with E-state index in [1.165, 1.54) is 11.3 Å². The quantitative estimate of drug-likeness (QED) is 0.852. The number of hydrogen-bond acceptors (Lipinski definition) is 5. The Bertz CT molecular complexity index is 610. The standard InChI is InChI=1S/C16H20N2O3S/c1-4-21-13-7-5-12(6-8-13)16-18-14(10-22-16)15(19)17-11(2)9-20-3/h5-8,10-11H,4,9H2,1-3H3,(H,17,19). The first kappa shape index (κ1) is 16.5. The number of aromatic nitrogens is 1. The van der Waals surface area contributed by atoms with E-state index in [9.17, 15) is 4.79 Å². The second-order valence-electron chi connectivity index (χ2n) is 4.83. The van der Waals surface area contributed by atoms with Crippen LogP contribution in [0.4, 0.5) is 0 Å². The number of carbonyl (C=O) groups excluding carboxylic acids is 1. The second kappa shape index (κ2) is 7.91. The van der Waals surface area contributed by atoms with E-state index in [4.69, 9.17) is 9.47 Å². The van der Waals surface area contributed by atoms with Crippen molar-refractivity contribution < 1.29 is 14.3 Å². The monoisotopic (exact) mass is 320 g/mol. The molecular formula is C16H20N2O3S. The SMILES string of the molecule is CCOc1ccc(-c2nc(C(=O)NC(C)COC)cs2)cc1. The zero-order valence-corrected chi connectivity index (χ0v) is 13.8. The number of rotatable bonds is 7. The molecule has 0 saturated carbocycles. The summed E-state index contributed by atoms with van der Waals surface area (Å²) < 4.78 is 10.4. The van der Waals surface area contributed by atoms with Gasteiger partial charge in [-0.05, 0) is 38.1 Å². The molecule has 22 heavy (non-hydrogen) atoms. The van der Waals surface area contributed by atoms with Crippen molar-refractivity contribution in [1.29, 1.82) is 0 Å². The van der Waals surface area contributed by atoms with Gasteiger partial charge in [-0.3, -0.25) is 4.79 Å². The third-order valence-electron chi connectivity index (χ3n) is 2.94. The first-order chi connectivity index (χ1) is 10.6. The fourth-order valence-electron chi connectivity index (χ4n) is 1.96. The Morgan fingerprint density at radius 2 is 2.09 bits per heavy atom. The number of nitrogens with one attached hydrogen (secondary N) is 1. The molecule has 0 spiro atoms. The van der Waals surface area contributed by atoms with Crippen LogP contribution in [-0.4, -0.2) is 37.3 Å². The number of methoxy groups -OCH3 is 1. The van der Waals surface area contributed by atoms with E-state index in [0.717, 1.165) is 16.3 Å². The molecule has 1 heterocycles. The number of ether oxygens (including phenoxy) is 2. The maximum atomic E-state index is 12.1. The summed E-state index contributed by atoms with van der Waals surface area (Å²) in [6.07, 6.45) is 0. The van der Waals surface area contributed by atoms with E-state index in [1.807, 2.05) is 38.1 Å².